The molecule has 1 unspecified atom stereocenters. The molecule has 88 valence electrons. The van der Waals surface area contributed by atoms with Gasteiger partial charge in [-0.3, -0.25) is 0 Å². The number of aryl methyl sites for hydroxylation is 2. The second kappa shape index (κ2) is 3.74. The fraction of sp³-hybridized carbons (Fsp3) is 0.333. The summed E-state index contributed by atoms with van der Waals surface area (Å²) in [5.41, 5.74) is 2.79. The molecule has 0 amide bonds. The fourth-order valence-electron chi connectivity index (χ4n) is 2.70. The van der Waals surface area contributed by atoms with Gasteiger partial charge in [0.1, 0.15) is 5.76 Å². The molecule has 2 nitrogen and oxygen atoms in total. The van der Waals surface area contributed by atoms with E-state index >= 15 is 0 Å². The van der Waals surface area contributed by atoms with E-state index < -0.39 is 5.60 Å². The Morgan fingerprint density at radius 2 is 2.24 bits per heavy atom. The molecule has 1 aromatic heterocycles. The lowest BCUT2D eigenvalue weighted by Gasteiger charge is -2.23. The Balaban J connectivity index is 1.98. The molecule has 1 aliphatic carbocycles. The van der Waals surface area contributed by atoms with Crippen molar-refractivity contribution in [1.29, 1.82) is 0 Å². The van der Waals surface area contributed by atoms with E-state index in [1.54, 1.807) is 6.26 Å². The lowest BCUT2D eigenvalue weighted by Crippen LogP contribution is -2.25. The summed E-state index contributed by atoms with van der Waals surface area (Å²) in [5, 5.41) is 10.8. The predicted octanol–water partition coefficient (Wildman–Crippen LogP) is 2.96. The summed E-state index contributed by atoms with van der Waals surface area (Å²) in [6, 6.07) is 10.1. The Kier molecular flexibility index (Phi) is 2.33. The molecule has 1 aliphatic rings. The number of hydrogen-bond acceptors (Lipinski definition) is 2. The highest BCUT2D eigenvalue weighted by Crippen LogP contribution is 2.39. The van der Waals surface area contributed by atoms with Gasteiger partial charge in [0.25, 0.3) is 0 Å². The molecule has 1 N–H and O–H groups in total. The number of aliphatic hydroxyl groups is 1. The van der Waals surface area contributed by atoms with Gasteiger partial charge in [0, 0.05) is 6.42 Å². The molecule has 0 fully saturated rings. The van der Waals surface area contributed by atoms with Crippen LogP contribution >= 0.6 is 0 Å². The smallest absolute Gasteiger partial charge is 0.106 e. The lowest BCUT2D eigenvalue weighted by molar-refractivity contribution is 0.0338. The third-order valence-corrected chi connectivity index (χ3v) is 3.62. The lowest BCUT2D eigenvalue weighted by atomic mass is 9.90. The number of rotatable bonds is 2. The zero-order valence-corrected chi connectivity index (χ0v) is 9.94. The van der Waals surface area contributed by atoms with E-state index in [1.165, 1.54) is 11.1 Å². The van der Waals surface area contributed by atoms with Gasteiger partial charge in [0.15, 0.2) is 0 Å². The standard InChI is InChI=1S/C15H16O2/c1-11-4-5-12-6-7-15(16,14(12)9-11)10-13-3-2-8-17-13/h2-5,8-9,16H,6-7,10H2,1H3. The highest BCUT2D eigenvalue weighted by molar-refractivity contribution is 5.40. The van der Waals surface area contributed by atoms with E-state index in [0.717, 1.165) is 24.2 Å². The van der Waals surface area contributed by atoms with Crippen molar-refractivity contribution in [3.8, 4) is 0 Å². The van der Waals surface area contributed by atoms with Crippen molar-refractivity contribution in [3.05, 3.63) is 59.0 Å². The SMILES string of the molecule is Cc1ccc2c(c1)C(O)(Cc1ccco1)CC2. The van der Waals surface area contributed by atoms with Crippen LogP contribution in [0.2, 0.25) is 0 Å². The first kappa shape index (κ1) is 10.6. The molecule has 2 heteroatoms. The number of fused-ring (bicyclic) bond motifs is 1. The molecule has 0 radical (unpaired) electrons. The average Bonchev–Trinajstić information content (AvgIpc) is 2.89. The monoisotopic (exact) mass is 228 g/mol. The van der Waals surface area contributed by atoms with Crippen molar-refractivity contribution in [2.45, 2.75) is 31.8 Å². The second-order valence-electron chi connectivity index (χ2n) is 4.95. The van der Waals surface area contributed by atoms with E-state index in [2.05, 4.69) is 25.1 Å². The van der Waals surface area contributed by atoms with Crippen LogP contribution in [0.25, 0.3) is 0 Å². The highest BCUT2D eigenvalue weighted by Gasteiger charge is 2.37. The first-order valence-corrected chi connectivity index (χ1v) is 6.02. The molecule has 2 aromatic rings. The van der Waals surface area contributed by atoms with E-state index in [-0.39, 0.29) is 0 Å². The molecular formula is C15H16O2. The Labute approximate surface area is 101 Å². The summed E-state index contributed by atoms with van der Waals surface area (Å²) in [6.07, 6.45) is 3.96. The first-order valence-electron chi connectivity index (χ1n) is 6.02. The minimum Gasteiger partial charge on any atom is -0.469 e. The molecule has 0 saturated heterocycles. The molecule has 0 saturated carbocycles. The third kappa shape index (κ3) is 1.79. The number of benzene rings is 1. The van der Waals surface area contributed by atoms with Gasteiger partial charge in [-0.2, -0.15) is 0 Å². The zero-order chi connectivity index (χ0) is 11.9. The Hall–Kier alpha value is -1.54. The van der Waals surface area contributed by atoms with Crippen LogP contribution < -0.4 is 0 Å². The first-order chi connectivity index (χ1) is 8.17. The quantitative estimate of drug-likeness (QED) is 0.857. The van der Waals surface area contributed by atoms with Crippen LogP contribution in [-0.4, -0.2) is 5.11 Å². The maximum Gasteiger partial charge on any atom is 0.106 e. The molecule has 17 heavy (non-hydrogen) atoms. The van der Waals surface area contributed by atoms with Crippen LogP contribution in [0, 0.1) is 6.92 Å². The largest absolute Gasteiger partial charge is 0.469 e. The predicted molar refractivity (Wildman–Crippen MR) is 65.8 cm³/mol. The summed E-state index contributed by atoms with van der Waals surface area (Å²) in [7, 11) is 0. The molecule has 0 spiro atoms. The minimum atomic E-state index is -0.751. The molecule has 1 heterocycles. The van der Waals surface area contributed by atoms with Gasteiger partial charge in [0.05, 0.1) is 11.9 Å². The van der Waals surface area contributed by atoms with E-state index in [9.17, 15) is 5.11 Å². The molecule has 1 aromatic carbocycles. The van der Waals surface area contributed by atoms with Crippen molar-refractivity contribution in [2.24, 2.45) is 0 Å². The summed E-state index contributed by atoms with van der Waals surface area (Å²) < 4.78 is 5.35. The number of hydrogen-bond donors (Lipinski definition) is 1. The molecular weight excluding hydrogens is 212 g/mol. The van der Waals surface area contributed by atoms with Crippen LogP contribution in [-0.2, 0) is 18.4 Å². The van der Waals surface area contributed by atoms with Crippen molar-refractivity contribution in [1.82, 2.24) is 0 Å². The fourth-order valence-corrected chi connectivity index (χ4v) is 2.70. The Morgan fingerprint density at radius 1 is 1.35 bits per heavy atom. The zero-order valence-electron chi connectivity index (χ0n) is 9.94. The van der Waals surface area contributed by atoms with E-state index in [4.69, 9.17) is 4.42 Å². The van der Waals surface area contributed by atoms with Crippen LogP contribution in [0.4, 0.5) is 0 Å². The van der Waals surface area contributed by atoms with E-state index in [1.807, 2.05) is 12.1 Å². The summed E-state index contributed by atoms with van der Waals surface area (Å²) in [4.78, 5) is 0. The third-order valence-electron chi connectivity index (χ3n) is 3.62. The Bertz CT molecular complexity index is 528. The van der Waals surface area contributed by atoms with Crippen LogP contribution in [0.5, 0.6) is 0 Å². The average molecular weight is 228 g/mol. The highest BCUT2D eigenvalue weighted by atomic mass is 16.3. The van der Waals surface area contributed by atoms with Crippen LogP contribution in [0.15, 0.2) is 41.0 Å². The summed E-state index contributed by atoms with van der Waals surface area (Å²) in [5.74, 6) is 0.849. The van der Waals surface area contributed by atoms with Gasteiger partial charge >= 0.3 is 0 Å². The minimum absolute atomic E-state index is 0.566. The van der Waals surface area contributed by atoms with Crippen molar-refractivity contribution < 1.29 is 9.52 Å². The van der Waals surface area contributed by atoms with Gasteiger partial charge in [-0.15, -0.1) is 0 Å². The normalized spacial score (nSPS) is 22.7. The maximum atomic E-state index is 10.8. The topological polar surface area (TPSA) is 33.4 Å². The van der Waals surface area contributed by atoms with Crippen molar-refractivity contribution in [3.63, 3.8) is 0 Å². The summed E-state index contributed by atoms with van der Waals surface area (Å²) >= 11 is 0. The maximum absolute atomic E-state index is 10.8. The molecule has 0 aliphatic heterocycles. The van der Waals surface area contributed by atoms with Gasteiger partial charge in [-0.1, -0.05) is 23.8 Å². The van der Waals surface area contributed by atoms with Crippen molar-refractivity contribution in [2.75, 3.05) is 0 Å². The number of furan rings is 1. The van der Waals surface area contributed by atoms with Gasteiger partial charge < -0.3 is 9.52 Å². The molecule has 0 bridgehead atoms. The van der Waals surface area contributed by atoms with Crippen molar-refractivity contribution >= 4 is 0 Å². The summed E-state index contributed by atoms with van der Waals surface area (Å²) in [6.45, 7) is 2.06. The van der Waals surface area contributed by atoms with Gasteiger partial charge in [-0.05, 0) is 43.0 Å². The molecule has 3 rings (SSSR count). The van der Waals surface area contributed by atoms with Crippen LogP contribution in [0.1, 0.15) is 28.9 Å². The van der Waals surface area contributed by atoms with Gasteiger partial charge in [-0.25, -0.2) is 0 Å². The Morgan fingerprint density at radius 3 is 3.00 bits per heavy atom. The van der Waals surface area contributed by atoms with Crippen LogP contribution in [0.3, 0.4) is 0 Å². The molecule has 1 atom stereocenters. The van der Waals surface area contributed by atoms with E-state index in [0.29, 0.717) is 6.42 Å². The van der Waals surface area contributed by atoms with Gasteiger partial charge in [0.2, 0.25) is 0 Å². The second-order valence-corrected chi connectivity index (χ2v) is 4.95.